The number of halogens is 2. The number of rotatable bonds is 1. The van der Waals surface area contributed by atoms with Crippen molar-refractivity contribution in [2.45, 2.75) is 27.2 Å². The molecule has 3 rings (SSSR count). The number of ketones is 1. The molecule has 0 radical (unpaired) electrons. The fourth-order valence-corrected chi connectivity index (χ4v) is 4.12. The Balaban J connectivity index is 1.78. The molecule has 1 aromatic carbocycles. The van der Waals surface area contributed by atoms with Crippen LogP contribution in [-0.2, 0) is 4.79 Å². The Labute approximate surface area is 140 Å². The van der Waals surface area contributed by atoms with Crippen molar-refractivity contribution < 1.29 is 14.0 Å². The minimum atomic E-state index is -0.602. The Bertz CT molecular complexity index is 733. The lowest BCUT2D eigenvalue weighted by molar-refractivity contribution is -0.127. The monoisotopic (exact) mass is 335 g/mol. The van der Waals surface area contributed by atoms with Gasteiger partial charge in [-0.3, -0.25) is 9.59 Å². The van der Waals surface area contributed by atoms with Crippen molar-refractivity contribution in [3.05, 3.63) is 46.3 Å². The smallest absolute Gasteiger partial charge is 0.256 e. The summed E-state index contributed by atoms with van der Waals surface area (Å²) in [5.74, 6) is -0.767. The topological polar surface area (TPSA) is 37.4 Å². The molecular weight excluding hydrogens is 317 g/mol. The van der Waals surface area contributed by atoms with Crippen molar-refractivity contribution in [1.29, 1.82) is 0 Å². The van der Waals surface area contributed by atoms with Gasteiger partial charge in [-0.2, -0.15) is 0 Å². The molecule has 1 heterocycles. The maximum atomic E-state index is 13.9. The first kappa shape index (κ1) is 16.2. The predicted octanol–water partition coefficient (Wildman–Crippen LogP) is 3.87. The van der Waals surface area contributed by atoms with Gasteiger partial charge in [0.2, 0.25) is 0 Å². The highest BCUT2D eigenvalue weighted by Crippen LogP contribution is 2.48. The second kappa shape index (κ2) is 5.17. The molecular formula is C18H19ClFNO2. The average molecular weight is 336 g/mol. The largest absolute Gasteiger partial charge is 0.337 e. The normalized spacial score (nSPS) is 21.9. The molecule has 1 aliphatic carbocycles. The highest BCUT2D eigenvalue weighted by Gasteiger charge is 2.51. The van der Waals surface area contributed by atoms with Gasteiger partial charge in [0.25, 0.3) is 5.91 Å². The molecule has 1 aliphatic heterocycles. The summed E-state index contributed by atoms with van der Waals surface area (Å²) in [7, 11) is 0. The van der Waals surface area contributed by atoms with E-state index in [2.05, 4.69) is 0 Å². The van der Waals surface area contributed by atoms with Crippen LogP contribution in [-0.4, -0.2) is 29.7 Å². The summed E-state index contributed by atoms with van der Waals surface area (Å²) < 4.78 is 13.9. The Morgan fingerprint density at radius 1 is 1.30 bits per heavy atom. The molecule has 0 saturated carbocycles. The van der Waals surface area contributed by atoms with E-state index in [1.165, 1.54) is 12.1 Å². The first-order chi connectivity index (χ1) is 10.6. The number of amides is 1. The number of likely N-dealkylation sites (tertiary alicyclic amines) is 1. The lowest BCUT2D eigenvalue weighted by atomic mass is 9.61. The van der Waals surface area contributed by atoms with E-state index in [1.54, 1.807) is 4.90 Å². The van der Waals surface area contributed by atoms with Crippen LogP contribution >= 0.6 is 11.6 Å². The van der Waals surface area contributed by atoms with Crippen LogP contribution in [0.3, 0.4) is 0 Å². The number of Topliss-reactive ketones (excluding diaryl/α,β-unsaturated/α-hetero) is 1. The standard InChI is InChI=1S/C18H19ClFNO2/c1-11-7-18(8-17(2,3)15(11)22)9-21(10-18)16(23)13-5-4-12(19)6-14(13)20/h4-7H,8-10H2,1-3H3. The van der Waals surface area contributed by atoms with E-state index < -0.39 is 11.2 Å². The molecule has 2 aliphatic rings. The maximum Gasteiger partial charge on any atom is 0.256 e. The summed E-state index contributed by atoms with van der Waals surface area (Å²) in [5, 5.41) is 0.269. The molecule has 1 amide bonds. The molecule has 5 heteroatoms. The summed E-state index contributed by atoms with van der Waals surface area (Å²) in [6.07, 6.45) is 2.70. The van der Waals surface area contributed by atoms with Gasteiger partial charge in [-0.15, -0.1) is 0 Å². The zero-order chi connectivity index (χ0) is 17.0. The van der Waals surface area contributed by atoms with Crippen molar-refractivity contribution in [3.8, 4) is 0 Å². The van der Waals surface area contributed by atoms with Crippen LogP contribution in [0.5, 0.6) is 0 Å². The van der Waals surface area contributed by atoms with E-state index in [9.17, 15) is 14.0 Å². The van der Waals surface area contributed by atoms with Gasteiger partial charge < -0.3 is 4.90 Å². The van der Waals surface area contributed by atoms with Crippen molar-refractivity contribution in [3.63, 3.8) is 0 Å². The van der Waals surface area contributed by atoms with Gasteiger partial charge in [-0.05, 0) is 37.1 Å². The number of hydrogen-bond acceptors (Lipinski definition) is 2. The van der Waals surface area contributed by atoms with Crippen LogP contribution in [0.1, 0.15) is 37.6 Å². The number of nitrogens with zero attached hydrogens (tertiary/aromatic N) is 1. The highest BCUT2D eigenvalue weighted by atomic mass is 35.5. The molecule has 3 nitrogen and oxygen atoms in total. The molecule has 23 heavy (non-hydrogen) atoms. The lowest BCUT2D eigenvalue weighted by Crippen LogP contribution is -2.60. The summed E-state index contributed by atoms with van der Waals surface area (Å²) >= 11 is 5.72. The zero-order valence-electron chi connectivity index (χ0n) is 13.5. The second-order valence-electron chi connectivity index (χ2n) is 7.36. The third-order valence-electron chi connectivity index (χ3n) is 4.75. The van der Waals surface area contributed by atoms with Crippen LogP contribution in [0.2, 0.25) is 5.02 Å². The Morgan fingerprint density at radius 2 is 1.96 bits per heavy atom. The molecule has 1 spiro atoms. The summed E-state index contributed by atoms with van der Waals surface area (Å²) in [5.41, 5.74) is 0.210. The van der Waals surface area contributed by atoms with E-state index in [-0.39, 0.29) is 27.7 Å². The third-order valence-corrected chi connectivity index (χ3v) is 4.98. The quantitative estimate of drug-likeness (QED) is 0.781. The molecule has 122 valence electrons. The molecule has 1 fully saturated rings. The Morgan fingerprint density at radius 3 is 2.52 bits per heavy atom. The van der Waals surface area contributed by atoms with E-state index in [4.69, 9.17) is 11.6 Å². The molecule has 0 aromatic heterocycles. The zero-order valence-corrected chi connectivity index (χ0v) is 14.2. The first-order valence-electron chi connectivity index (χ1n) is 7.62. The Hall–Kier alpha value is -1.68. The average Bonchev–Trinajstić information content (AvgIpc) is 2.41. The van der Waals surface area contributed by atoms with Gasteiger partial charge in [-0.1, -0.05) is 31.5 Å². The van der Waals surface area contributed by atoms with Crippen molar-refractivity contribution in [1.82, 2.24) is 4.90 Å². The second-order valence-corrected chi connectivity index (χ2v) is 7.80. The first-order valence-corrected chi connectivity index (χ1v) is 8.00. The highest BCUT2D eigenvalue weighted by molar-refractivity contribution is 6.30. The summed E-state index contributed by atoms with van der Waals surface area (Å²) in [6.45, 7) is 6.74. The number of benzene rings is 1. The van der Waals surface area contributed by atoms with E-state index >= 15 is 0 Å². The molecule has 0 unspecified atom stereocenters. The minimum absolute atomic E-state index is 0.0381. The summed E-state index contributed by atoms with van der Waals surface area (Å²) in [4.78, 5) is 26.3. The fraction of sp³-hybridized carbons (Fsp3) is 0.444. The number of allylic oxidation sites excluding steroid dienone is 1. The summed E-state index contributed by atoms with van der Waals surface area (Å²) in [6, 6.07) is 4.08. The number of carbonyl (C=O) groups excluding carboxylic acids is 2. The van der Waals surface area contributed by atoms with E-state index in [0.717, 1.165) is 11.6 Å². The van der Waals surface area contributed by atoms with Gasteiger partial charge in [0.15, 0.2) is 5.78 Å². The fourth-order valence-electron chi connectivity index (χ4n) is 3.96. The van der Waals surface area contributed by atoms with Gasteiger partial charge >= 0.3 is 0 Å². The Kier molecular flexibility index (Phi) is 3.64. The van der Waals surface area contributed by atoms with Crippen molar-refractivity contribution >= 4 is 23.3 Å². The van der Waals surface area contributed by atoms with Crippen LogP contribution in [0.15, 0.2) is 29.8 Å². The van der Waals surface area contributed by atoms with Gasteiger partial charge in [0.1, 0.15) is 5.82 Å². The lowest BCUT2D eigenvalue weighted by Gasteiger charge is -2.53. The minimum Gasteiger partial charge on any atom is -0.337 e. The van der Waals surface area contributed by atoms with Crippen LogP contribution in [0.4, 0.5) is 4.39 Å². The van der Waals surface area contributed by atoms with Gasteiger partial charge in [-0.25, -0.2) is 4.39 Å². The molecule has 0 bridgehead atoms. The SMILES string of the molecule is CC1=CC2(CN(C(=O)c3ccc(Cl)cc3F)C2)CC(C)(C)C1=O. The molecule has 0 N–H and O–H groups in total. The van der Waals surface area contributed by atoms with Crippen LogP contribution in [0.25, 0.3) is 0 Å². The van der Waals surface area contributed by atoms with E-state index in [1.807, 2.05) is 26.8 Å². The number of hydrogen-bond donors (Lipinski definition) is 0. The van der Waals surface area contributed by atoms with Crippen LogP contribution < -0.4 is 0 Å². The third kappa shape index (κ3) is 2.69. The van der Waals surface area contributed by atoms with Gasteiger partial charge in [0, 0.05) is 28.9 Å². The van der Waals surface area contributed by atoms with Crippen molar-refractivity contribution in [2.75, 3.05) is 13.1 Å². The molecule has 1 saturated heterocycles. The number of carbonyl (C=O) groups is 2. The van der Waals surface area contributed by atoms with E-state index in [0.29, 0.717) is 19.5 Å². The maximum absolute atomic E-state index is 13.9. The van der Waals surface area contributed by atoms with Gasteiger partial charge in [0.05, 0.1) is 5.56 Å². The van der Waals surface area contributed by atoms with Crippen LogP contribution in [0, 0.1) is 16.6 Å². The van der Waals surface area contributed by atoms with Crippen molar-refractivity contribution in [2.24, 2.45) is 10.8 Å². The molecule has 1 aromatic rings. The predicted molar refractivity (Wildman–Crippen MR) is 86.9 cm³/mol. The molecule has 0 atom stereocenters.